The number of nitrogens with zero attached hydrogens (tertiary/aromatic N) is 3. The fourth-order valence-corrected chi connectivity index (χ4v) is 9.06. The second kappa shape index (κ2) is 25.9. The van der Waals surface area contributed by atoms with Gasteiger partial charge in [-0.05, 0) is 129 Å². The van der Waals surface area contributed by atoms with Crippen LogP contribution in [0.1, 0.15) is 123 Å². The lowest BCUT2D eigenvalue weighted by Gasteiger charge is -2.39. The largest absolute Gasteiger partial charge is 0.416 e. The van der Waals surface area contributed by atoms with E-state index in [9.17, 15) is 13.2 Å². The van der Waals surface area contributed by atoms with Gasteiger partial charge in [0.05, 0.1) is 5.56 Å². The van der Waals surface area contributed by atoms with Crippen LogP contribution in [0.4, 0.5) is 13.2 Å². The Kier molecular flexibility index (Phi) is 19.8. The number of unbranched alkanes of at least 4 members (excludes halogenated alkanes) is 4. The van der Waals surface area contributed by atoms with E-state index in [2.05, 4.69) is 137 Å². The van der Waals surface area contributed by atoms with Crippen LogP contribution in [-0.4, -0.2) is 53.0 Å². The Bertz CT molecular complexity index is 1950. The molecule has 0 aliphatic carbocycles. The fourth-order valence-electron chi connectivity index (χ4n) is 9.06. The zero-order chi connectivity index (χ0) is 44.1. The zero-order valence-corrected chi connectivity index (χ0v) is 38.2. The Morgan fingerprint density at radius 1 is 0.492 bits per heavy atom. The van der Waals surface area contributed by atoms with E-state index in [1.165, 1.54) is 116 Å². The predicted octanol–water partition coefficient (Wildman–Crippen LogP) is 13.3. The second-order valence-electron chi connectivity index (χ2n) is 18.1. The van der Waals surface area contributed by atoms with Gasteiger partial charge in [-0.3, -0.25) is 14.7 Å². The number of rotatable bonds is 20. The molecule has 2 aliphatic heterocycles. The van der Waals surface area contributed by atoms with Gasteiger partial charge in [0.15, 0.2) is 0 Å². The van der Waals surface area contributed by atoms with Gasteiger partial charge in [0.25, 0.3) is 0 Å². The van der Waals surface area contributed by atoms with Gasteiger partial charge >= 0.3 is 6.18 Å². The molecule has 2 aliphatic rings. The number of nitrogens with one attached hydrogen (secondary N) is 1. The summed E-state index contributed by atoms with van der Waals surface area (Å²) in [5.41, 5.74) is 8.64. The average molecular weight is 859 g/mol. The normalized spacial score (nSPS) is 15.7. The summed E-state index contributed by atoms with van der Waals surface area (Å²) in [5, 5.41) is 3.77. The summed E-state index contributed by atoms with van der Waals surface area (Å²) in [6.45, 7) is 13.4. The van der Waals surface area contributed by atoms with Crippen molar-refractivity contribution in [1.82, 2.24) is 20.0 Å². The summed E-state index contributed by atoms with van der Waals surface area (Å²) in [4.78, 5) is 7.56. The van der Waals surface area contributed by atoms with Crippen LogP contribution >= 0.6 is 0 Å². The molecule has 0 aromatic heterocycles. The molecular weight excluding hydrogens is 786 g/mol. The number of piperidine rings is 2. The molecule has 0 amide bonds. The van der Waals surface area contributed by atoms with Crippen LogP contribution < -0.4 is 5.32 Å². The molecule has 2 saturated heterocycles. The van der Waals surface area contributed by atoms with Crippen molar-refractivity contribution in [3.8, 4) is 0 Å². The van der Waals surface area contributed by atoms with Crippen molar-refractivity contribution >= 4 is 0 Å². The molecule has 2 heterocycles. The molecule has 0 atom stereocenters. The van der Waals surface area contributed by atoms with Crippen molar-refractivity contribution in [1.29, 1.82) is 0 Å². The van der Waals surface area contributed by atoms with E-state index in [1.54, 1.807) is 12.1 Å². The van der Waals surface area contributed by atoms with Crippen molar-refractivity contribution in [3.63, 3.8) is 0 Å². The maximum atomic E-state index is 13.1. The van der Waals surface area contributed by atoms with E-state index in [0.29, 0.717) is 18.6 Å². The highest BCUT2D eigenvalue weighted by Gasteiger charge is 2.30. The van der Waals surface area contributed by atoms with Crippen molar-refractivity contribution < 1.29 is 13.2 Å². The minimum atomic E-state index is -4.30. The molecule has 1 N–H and O–H groups in total. The smallest absolute Gasteiger partial charge is 0.310 e. The first-order chi connectivity index (χ1) is 30.7. The van der Waals surface area contributed by atoms with Crippen LogP contribution in [0.2, 0.25) is 0 Å². The number of likely N-dealkylation sites (tertiary alicyclic amines) is 2. The topological polar surface area (TPSA) is 21.8 Å². The van der Waals surface area contributed by atoms with Crippen molar-refractivity contribution in [2.45, 2.75) is 142 Å². The molecule has 338 valence electrons. The third-order valence-corrected chi connectivity index (χ3v) is 13.0. The molecule has 5 aromatic carbocycles. The van der Waals surface area contributed by atoms with Gasteiger partial charge in [-0.1, -0.05) is 161 Å². The maximum Gasteiger partial charge on any atom is 0.416 e. The second-order valence-corrected chi connectivity index (χ2v) is 18.1. The number of halogens is 3. The van der Waals surface area contributed by atoms with E-state index in [-0.39, 0.29) is 0 Å². The lowest BCUT2D eigenvalue weighted by Crippen LogP contribution is -2.44. The Morgan fingerprint density at radius 3 is 1.35 bits per heavy atom. The molecule has 4 nitrogen and oxygen atoms in total. The van der Waals surface area contributed by atoms with E-state index >= 15 is 0 Å². The van der Waals surface area contributed by atoms with Gasteiger partial charge in [-0.2, -0.15) is 13.2 Å². The first-order valence-electron chi connectivity index (χ1n) is 24.1. The number of hydrogen-bond donors (Lipinski definition) is 1. The molecule has 0 unspecified atom stereocenters. The molecule has 7 heteroatoms. The van der Waals surface area contributed by atoms with E-state index < -0.39 is 11.7 Å². The van der Waals surface area contributed by atoms with Crippen LogP contribution in [0.25, 0.3) is 0 Å². The summed E-state index contributed by atoms with van der Waals surface area (Å²) in [7, 11) is 0. The first kappa shape index (κ1) is 48.2. The molecule has 0 spiro atoms. The van der Waals surface area contributed by atoms with Gasteiger partial charge < -0.3 is 5.32 Å². The van der Waals surface area contributed by atoms with Crippen LogP contribution in [0.5, 0.6) is 0 Å². The van der Waals surface area contributed by atoms with Crippen LogP contribution in [0, 0.1) is 0 Å². The maximum absolute atomic E-state index is 13.1. The summed E-state index contributed by atoms with van der Waals surface area (Å²) in [5.74, 6) is 0. The summed E-state index contributed by atoms with van der Waals surface area (Å²) < 4.78 is 39.2. The monoisotopic (exact) mass is 859 g/mol. The van der Waals surface area contributed by atoms with Crippen LogP contribution in [0.15, 0.2) is 133 Å². The summed E-state index contributed by atoms with van der Waals surface area (Å²) in [6.07, 6.45) is 10.3. The SMILES string of the molecule is CCCCCc1ccc(CN(Cc2ccc(C(F)(F)F)cc2)C2CCN(Cc3ccccc3)CC2)cc1.CCCCCc1ccc(CNC2CCN(Cc3ccccc3)CC2)cc1. The Morgan fingerprint density at radius 2 is 0.905 bits per heavy atom. The quantitative estimate of drug-likeness (QED) is 0.0787. The molecular formula is C56H73F3N4. The van der Waals surface area contributed by atoms with Gasteiger partial charge in [0.2, 0.25) is 0 Å². The Labute approximate surface area is 377 Å². The fraction of sp³-hybridized carbons (Fsp3) is 0.464. The lowest BCUT2D eigenvalue weighted by atomic mass is 9.99. The third kappa shape index (κ3) is 17.0. The third-order valence-electron chi connectivity index (χ3n) is 13.0. The number of benzene rings is 5. The average Bonchev–Trinajstić information content (AvgIpc) is 3.31. The number of alkyl halides is 3. The van der Waals surface area contributed by atoms with Crippen LogP contribution in [-0.2, 0) is 51.7 Å². The van der Waals surface area contributed by atoms with E-state index in [1.807, 2.05) is 6.07 Å². The van der Waals surface area contributed by atoms with Crippen molar-refractivity contribution in [2.24, 2.45) is 0 Å². The molecule has 0 radical (unpaired) electrons. The number of hydrogen-bond acceptors (Lipinski definition) is 4. The zero-order valence-electron chi connectivity index (χ0n) is 38.2. The van der Waals surface area contributed by atoms with Crippen molar-refractivity contribution in [2.75, 3.05) is 26.2 Å². The molecule has 0 saturated carbocycles. The van der Waals surface area contributed by atoms with Crippen molar-refractivity contribution in [3.05, 3.63) is 178 Å². The highest BCUT2D eigenvalue weighted by Crippen LogP contribution is 2.30. The highest BCUT2D eigenvalue weighted by atomic mass is 19.4. The van der Waals surface area contributed by atoms with Gasteiger partial charge in [-0.25, -0.2) is 0 Å². The Hall–Kier alpha value is -4.27. The molecule has 63 heavy (non-hydrogen) atoms. The van der Waals surface area contributed by atoms with Crippen LogP contribution in [0.3, 0.4) is 0 Å². The lowest BCUT2D eigenvalue weighted by molar-refractivity contribution is -0.137. The van der Waals surface area contributed by atoms with Gasteiger partial charge in [0.1, 0.15) is 0 Å². The van der Waals surface area contributed by atoms with E-state index in [0.717, 1.165) is 64.1 Å². The molecule has 0 bridgehead atoms. The summed E-state index contributed by atoms with van der Waals surface area (Å²) in [6, 6.07) is 46.3. The first-order valence-corrected chi connectivity index (χ1v) is 24.1. The number of aryl methyl sites for hydroxylation is 2. The predicted molar refractivity (Wildman–Crippen MR) is 256 cm³/mol. The summed E-state index contributed by atoms with van der Waals surface area (Å²) >= 11 is 0. The standard InChI is InChI=1S/C32H39F3N2.C24H34N2/c1-2-3-5-8-26-11-13-28(14-12-26)24-37(25-29-15-17-30(18-16-29)32(33,34)35)31-19-21-36(22-20-31)23-27-9-6-4-7-10-27;1-2-3-5-8-21-11-13-22(14-12-21)19-25-24-15-17-26(18-16-24)20-23-9-6-4-7-10-23/h4,6-7,9-18,31H,2-3,5,8,19-25H2,1H3;4,6-7,9-14,24-25H,2-3,5,8,15-20H2,1H3. The van der Waals surface area contributed by atoms with Gasteiger partial charge in [-0.15, -0.1) is 0 Å². The Balaban J connectivity index is 0.000000223. The molecule has 7 rings (SSSR count). The minimum absolute atomic E-state index is 0.401. The minimum Gasteiger partial charge on any atom is -0.310 e. The molecule has 5 aromatic rings. The van der Waals surface area contributed by atoms with E-state index in [4.69, 9.17) is 0 Å². The van der Waals surface area contributed by atoms with Gasteiger partial charge in [0, 0.05) is 44.8 Å². The molecule has 2 fully saturated rings. The highest BCUT2D eigenvalue weighted by molar-refractivity contribution is 5.26.